The van der Waals surface area contributed by atoms with Crippen molar-refractivity contribution in [2.45, 2.75) is 45.4 Å². The molecule has 0 N–H and O–H groups in total. The van der Waals surface area contributed by atoms with Gasteiger partial charge in [-0.1, -0.05) is 30.9 Å². The topological polar surface area (TPSA) is 23.6 Å². The lowest BCUT2D eigenvalue weighted by Crippen LogP contribution is -2.37. The van der Waals surface area contributed by atoms with Crippen molar-refractivity contribution in [1.82, 2.24) is 9.80 Å². The molecule has 2 aliphatic heterocycles. The van der Waals surface area contributed by atoms with Gasteiger partial charge in [0.25, 0.3) is 0 Å². The van der Waals surface area contributed by atoms with Crippen molar-refractivity contribution in [3.63, 3.8) is 0 Å². The van der Waals surface area contributed by atoms with E-state index in [2.05, 4.69) is 11.8 Å². The lowest BCUT2D eigenvalue weighted by atomic mass is 10.00. The maximum absolute atomic E-state index is 12.1. The highest BCUT2D eigenvalue weighted by atomic mass is 32.2. The number of piperidine rings is 2. The molecule has 2 heterocycles. The lowest BCUT2D eigenvalue weighted by molar-refractivity contribution is -0.131. The van der Waals surface area contributed by atoms with Crippen LogP contribution in [-0.4, -0.2) is 52.0 Å². The van der Waals surface area contributed by atoms with Crippen molar-refractivity contribution in [2.75, 3.05) is 31.9 Å². The molecule has 0 aliphatic carbocycles. The van der Waals surface area contributed by atoms with Crippen LogP contribution in [0.1, 0.15) is 45.4 Å². The van der Waals surface area contributed by atoms with Crippen LogP contribution in [0, 0.1) is 5.92 Å². The summed E-state index contributed by atoms with van der Waals surface area (Å²) in [6, 6.07) is 0. The number of carbonyl (C=O) groups is 1. The third-order valence-electron chi connectivity index (χ3n) is 4.29. The highest BCUT2D eigenvalue weighted by molar-refractivity contribution is 8.22. The molecule has 1 amide bonds. The molecule has 0 unspecified atom stereocenters. The van der Waals surface area contributed by atoms with Gasteiger partial charge in [0.15, 0.2) is 0 Å². The average Bonchev–Trinajstić information content (AvgIpc) is 2.48. The molecule has 0 aromatic rings. The fourth-order valence-corrected chi connectivity index (χ4v) is 4.06. The highest BCUT2D eigenvalue weighted by Gasteiger charge is 2.19. The van der Waals surface area contributed by atoms with Crippen LogP contribution in [0.2, 0.25) is 0 Å². The van der Waals surface area contributed by atoms with Crippen molar-refractivity contribution in [3.05, 3.63) is 0 Å². The number of rotatable bonds is 3. The van der Waals surface area contributed by atoms with E-state index >= 15 is 0 Å². The van der Waals surface area contributed by atoms with Crippen molar-refractivity contribution < 1.29 is 4.79 Å². The number of carbonyl (C=O) groups excluding carboxylic acids is 1. The minimum Gasteiger partial charge on any atom is -0.358 e. The molecule has 0 bridgehead atoms. The summed E-state index contributed by atoms with van der Waals surface area (Å²) in [5.74, 6) is 1.98. The Hall–Kier alpha value is -0.290. The minimum absolute atomic E-state index is 0.312. The van der Waals surface area contributed by atoms with Gasteiger partial charge >= 0.3 is 0 Å². The van der Waals surface area contributed by atoms with Gasteiger partial charge in [-0.3, -0.25) is 4.79 Å². The molecule has 20 heavy (non-hydrogen) atoms. The molecule has 0 spiro atoms. The Morgan fingerprint density at radius 1 is 1.10 bits per heavy atom. The fourth-order valence-electron chi connectivity index (χ4n) is 2.81. The van der Waals surface area contributed by atoms with Gasteiger partial charge in [-0.25, -0.2) is 0 Å². The Morgan fingerprint density at radius 3 is 2.40 bits per heavy atom. The van der Waals surface area contributed by atoms with Crippen LogP contribution in [0.3, 0.4) is 0 Å². The van der Waals surface area contributed by atoms with Gasteiger partial charge in [0.05, 0.1) is 0 Å². The van der Waals surface area contributed by atoms with Gasteiger partial charge in [-0.15, -0.1) is 0 Å². The second-order valence-corrected chi connectivity index (χ2v) is 7.70. The van der Waals surface area contributed by atoms with E-state index in [1.165, 1.54) is 32.1 Å². The Morgan fingerprint density at radius 2 is 1.75 bits per heavy atom. The predicted octanol–water partition coefficient (Wildman–Crippen LogP) is 3.14. The SMILES string of the molecule is CC1CCN(C(=S)SCCC(=O)N2CCCCC2)CC1. The quantitative estimate of drug-likeness (QED) is 0.747. The first kappa shape index (κ1) is 16.1. The monoisotopic (exact) mass is 314 g/mol. The number of hydrogen-bond donors (Lipinski definition) is 0. The highest BCUT2D eigenvalue weighted by Crippen LogP contribution is 2.21. The molecule has 0 atom stereocenters. The second-order valence-electron chi connectivity index (χ2n) is 5.98. The Balaban J connectivity index is 1.62. The molecule has 2 aliphatic rings. The van der Waals surface area contributed by atoms with Crippen molar-refractivity contribution in [1.29, 1.82) is 0 Å². The summed E-state index contributed by atoms with van der Waals surface area (Å²) in [5, 5.41) is 0. The van der Waals surface area contributed by atoms with Crippen LogP contribution < -0.4 is 0 Å². The summed E-state index contributed by atoms with van der Waals surface area (Å²) >= 11 is 7.17. The summed E-state index contributed by atoms with van der Waals surface area (Å²) in [4.78, 5) is 16.4. The van der Waals surface area contributed by atoms with Crippen LogP contribution in [0.25, 0.3) is 0 Å². The Labute approximate surface area is 132 Å². The largest absolute Gasteiger partial charge is 0.358 e. The molecular weight excluding hydrogens is 288 g/mol. The number of thioether (sulfide) groups is 1. The molecule has 3 nitrogen and oxygen atoms in total. The van der Waals surface area contributed by atoms with Crippen molar-refractivity contribution in [3.8, 4) is 0 Å². The van der Waals surface area contributed by atoms with E-state index in [9.17, 15) is 4.79 Å². The normalized spacial score (nSPS) is 21.1. The molecule has 2 fully saturated rings. The van der Waals surface area contributed by atoms with Crippen LogP contribution in [0.15, 0.2) is 0 Å². The molecular formula is C15H26N2OS2. The van der Waals surface area contributed by atoms with Crippen LogP contribution >= 0.6 is 24.0 Å². The molecule has 0 aromatic heterocycles. The molecule has 5 heteroatoms. The van der Waals surface area contributed by atoms with Gasteiger partial charge in [0.2, 0.25) is 5.91 Å². The van der Waals surface area contributed by atoms with Gasteiger partial charge in [0, 0.05) is 38.4 Å². The van der Waals surface area contributed by atoms with Crippen LogP contribution in [0.4, 0.5) is 0 Å². The van der Waals surface area contributed by atoms with E-state index in [4.69, 9.17) is 12.2 Å². The number of thiocarbonyl (C=S) groups is 1. The smallest absolute Gasteiger partial charge is 0.223 e. The van der Waals surface area contributed by atoms with Crippen LogP contribution in [-0.2, 0) is 4.79 Å². The molecule has 0 radical (unpaired) electrons. The van der Waals surface area contributed by atoms with Crippen LogP contribution in [0.5, 0.6) is 0 Å². The van der Waals surface area contributed by atoms with Gasteiger partial charge in [-0.05, 0) is 38.0 Å². The summed E-state index contributed by atoms with van der Waals surface area (Å²) in [6.45, 7) is 6.40. The standard InChI is InChI=1S/C15H26N2OS2/c1-13-5-10-17(11-6-13)15(19)20-12-7-14(18)16-8-3-2-4-9-16/h13H,2-12H2,1H3. The number of amides is 1. The Bertz CT molecular complexity index is 335. The zero-order valence-electron chi connectivity index (χ0n) is 12.5. The molecule has 2 rings (SSSR count). The minimum atomic E-state index is 0.312. The maximum Gasteiger partial charge on any atom is 0.223 e. The first-order valence-electron chi connectivity index (χ1n) is 7.86. The van der Waals surface area contributed by atoms with Gasteiger partial charge < -0.3 is 9.80 Å². The summed E-state index contributed by atoms with van der Waals surface area (Å²) in [6.07, 6.45) is 6.73. The first-order chi connectivity index (χ1) is 9.66. The maximum atomic E-state index is 12.1. The van der Waals surface area contributed by atoms with E-state index in [1.807, 2.05) is 4.90 Å². The zero-order chi connectivity index (χ0) is 14.4. The van der Waals surface area contributed by atoms with E-state index in [0.717, 1.165) is 42.2 Å². The number of hydrogen-bond acceptors (Lipinski definition) is 3. The predicted molar refractivity (Wildman–Crippen MR) is 90.1 cm³/mol. The van der Waals surface area contributed by atoms with E-state index in [1.54, 1.807) is 11.8 Å². The number of likely N-dealkylation sites (tertiary alicyclic amines) is 2. The third kappa shape index (κ3) is 4.92. The summed E-state index contributed by atoms with van der Waals surface area (Å²) < 4.78 is 0.989. The third-order valence-corrected chi connectivity index (χ3v) is 5.82. The molecule has 0 saturated carbocycles. The summed E-state index contributed by atoms with van der Waals surface area (Å²) in [7, 11) is 0. The van der Waals surface area contributed by atoms with Gasteiger partial charge in [0.1, 0.15) is 4.32 Å². The van der Waals surface area contributed by atoms with Gasteiger partial charge in [-0.2, -0.15) is 0 Å². The second kappa shape index (κ2) is 8.23. The zero-order valence-corrected chi connectivity index (χ0v) is 14.1. The fraction of sp³-hybridized carbons (Fsp3) is 0.867. The summed E-state index contributed by atoms with van der Waals surface area (Å²) in [5.41, 5.74) is 0. The Kier molecular flexibility index (Phi) is 6.62. The van der Waals surface area contributed by atoms with E-state index in [-0.39, 0.29) is 0 Å². The van der Waals surface area contributed by atoms with Crippen molar-refractivity contribution >= 4 is 34.2 Å². The average molecular weight is 315 g/mol. The molecule has 0 aromatic carbocycles. The number of nitrogens with zero attached hydrogens (tertiary/aromatic N) is 2. The molecule has 114 valence electrons. The lowest BCUT2D eigenvalue weighted by Gasteiger charge is -2.32. The van der Waals surface area contributed by atoms with Crippen molar-refractivity contribution in [2.24, 2.45) is 5.92 Å². The van der Waals surface area contributed by atoms with E-state index in [0.29, 0.717) is 12.3 Å². The first-order valence-corrected chi connectivity index (χ1v) is 9.25. The molecule has 2 saturated heterocycles. The van der Waals surface area contributed by atoms with E-state index < -0.39 is 0 Å².